The number of hydrogen-bond acceptors (Lipinski definition) is 2. The monoisotopic (exact) mass is 274 g/mol. The van der Waals surface area contributed by atoms with Crippen LogP contribution in [0.15, 0.2) is 29.8 Å². The number of allylic oxidation sites excluding steroid dienone is 1. The molecule has 0 saturated heterocycles. The molecule has 0 atom stereocenters. The van der Waals surface area contributed by atoms with Gasteiger partial charge in [-0.25, -0.2) is 0 Å². The van der Waals surface area contributed by atoms with Crippen molar-refractivity contribution < 1.29 is 0 Å². The van der Waals surface area contributed by atoms with E-state index in [9.17, 15) is 0 Å². The molecule has 0 aromatic carbocycles. The predicted octanol–water partition coefficient (Wildman–Crippen LogP) is 4.96. The third kappa shape index (κ3) is 2.81. The first-order chi connectivity index (χ1) is 9.97. The molecule has 2 aliphatic carbocycles. The molecular weight excluding hydrogens is 256 g/mol. The smallest absolute Gasteiger partial charge is 0.130 e. The molecule has 0 saturated carbocycles. The first-order valence-corrected chi connectivity index (χ1v) is 7.03. The molecule has 0 unspecified atom stereocenters. The van der Waals surface area contributed by atoms with Gasteiger partial charge in [0, 0.05) is 0 Å². The van der Waals surface area contributed by atoms with Crippen LogP contribution in [0.2, 0.25) is 0 Å². The second-order valence-electron chi connectivity index (χ2n) is 5.67. The average Bonchev–Trinajstić information content (AvgIpc) is 2.63. The molecule has 0 radical (unpaired) electrons. The highest BCUT2D eigenvalue weighted by atomic mass is 14.3. The molecule has 0 fully saturated rings. The Hall–Kier alpha value is -2.58. The molecule has 0 aromatic rings. The Bertz CT molecular complexity index is 752. The third-order valence-corrected chi connectivity index (χ3v) is 3.79. The maximum absolute atomic E-state index is 8.96. The number of fused-ring (bicyclic) bond motifs is 1. The van der Waals surface area contributed by atoms with Crippen molar-refractivity contribution in [1.29, 1.82) is 10.5 Å². The zero-order valence-electron chi connectivity index (χ0n) is 12.9. The second-order valence-corrected chi connectivity index (χ2v) is 5.67. The Morgan fingerprint density at radius 2 is 1.71 bits per heavy atom. The van der Waals surface area contributed by atoms with Crippen LogP contribution >= 0.6 is 0 Å². The molecule has 2 aliphatic rings. The van der Waals surface area contributed by atoms with Crippen LogP contribution in [-0.4, -0.2) is 0 Å². The average molecular weight is 274 g/mol. The van der Waals surface area contributed by atoms with Gasteiger partial charge in [0.2, 0.25) is 0 Å². The minimum Gasteiger partial charge on any atom is -0.192 e. The fourth-order valence-corrected chi connectivity index (χ4v) is 2.60. The van der Waals surface area contributed by atoms with Gasteiger partial charge in [-0.3, -0.25) is 0 Å². The van der Waals surface area contributed by atoms with E-state index in [1.165, 1.54) is 16.7 Å². The van der Waals surface area contributed by atoms with Gasteiger partial charge >= 0.3 is 0 Å². The Morgan fingerprint density at radius 3 is 2.29 bits per heavy atom. The number of nitrogens with zero attached hydrogens (tertiary/aromatic N) is 2. The van der Waals surface area contributed by atoms with Crippen LogP contribution in [0.3, 0.4) is 0 Å². The van der Waals surface area contributed by atoms with E-state index in [-0.39, 0.29) is 5.57 Å². The van der Waals surface area contributed by atoms with Gasteiger partial charge in [0.15, 0.2) is 0 Å². The highest BCUT2D eigenvalue weighted by Gasteiger charge is 2.15. The topological polar surface area (TPSA) is 47.6 Å². The molecule has 2 nitrogen and oxygen atoms in total. The SMILES string of the molecule is Cc1cc(C=C(C#N)C#N)c2c(C)ccc(C(C)C)cc1-2. The van der Waals surface area contributed by atoms with Crippen molar-refractivity contribution in [2.24, 2.45) is 0 Å². The molecule has 2 heteroatoms. The van der Waals surface area contributed by atoms with Gasteiger partial charge in [-0.05, 0) is 59.2 Å². The van der Waals surface area contributed by atoms with E-state index in [2.05, 4.69) is 52.0 Å². The van der Waals surface area contributed by atoms with Crippen LogP contribution in [0.4, 0.5) is 0 Å². The van der Waals surface area contributed by atoms with E-state index in [4.69, 9.17) is 10.5 Å². The Morgan fingerprint density at radius 1 is 1.05 bits per heavy atom. The summed E-state index contributed by atoms with van der Waals surface area (Å²) >= 11 is 0. The highest BCUT2D eigenvalue weighted by molar-refractivity contribution is 5.85. The van der Waals surface area contributed by atoms with Gasteiger partial charge < -0.3 is 0 Å². The van der Waals surface area contributed by atoms with Crippen LogP contribution in [0.25, 0.3) is 17.2 Å². The lowest BCUT2D eigenvalue weighted by molar-refractivity contribution is 0.868. The first kappa shape index (κ1) is 14.8. The van der Waals surface area contributed by atoms with E-state index in [1.54, 1.807) is 6.08 Å². The molecule has 0 aromatic heterocycles. The van der Waals surface area contributed by atoms with Gasteiger partial charge in [0.05, 0.1) is 0 Å². The lowest BCUT2D eigenvalue weighted by Crippen LogP contribution is -1.84. The Balaban J connectivity index is 2.75. The van der Waals surface area contributed by atoms with Crippen molar-refractivity contribution in [3.05, 3.63) is 52.1 Å². The summed E-state index contributed by atoms with van der Waals surface area (Å²) in [6.07, 6.45) is 1.68. The Kier molecular flexibility index (Phi) is 4.10. The molecule has 104 valence electrons. The molecule has 0 aliphatic heterocycles. The van der Waals surface area contributed by atoms with E-state index >= 15 is 0 Å². The van der Waals surface area contributed by atoms with Crippen LogP contribution in [-0.2, 0) is 0 Å². The predicted molar refractivity (Wildman–Crippen MR) is 85.8 cm³/mol. The van der Waals surface area contributed by atoms with Gasteiger partial charge in [-0.15, -0.1) is 0 Å². The van der Waals surface area contributed by atoms with E-state index in [0.29, 0.717) is 5.92 Å². The van der Waals surface area contributed by atoms with Crippen molar-refractivity contribution in [3.63, 3.8) is 0 Å². The highest BCUT2D eigenvalue weighted by Crippen LogP contribution is 2.37. The summed E-state index contributed by atoms with van der Waals surface area (Å²) in [7, 11) is 0. The molecule has 0 amide bonds. The van der Waals surface area contributed by atoms with Crippen LogP contribution in [0.5, 0.6) is 0 Å². The number of rotatable bonds is 2. The van der Waals surface area contributed by atoms with Crippen LogP contribution in [0, 0.1) is 36.5 Å². The Labute approximate surface area is 126 Å². The maximum Gasteiger partial charge on any atom is 0.130 e. The first-order valence-electron chi connectivity index (χ1n) is 7.03. The minimum absolute atomic E-state index is 0.136. The van der Waals surface area contributed by atoms with Gasteiger partial charge in [-0.2, -0.15) is 10.5 Å². The largest absolute Gasteiger partial charge is 0.192 e. The molecule has 2 rings (SSSR count). The molecule has 0 bridgehead atoms. The standard InChI is InChI=1S/C19H18N2/c1-12(2)16-6-5-13(3)19-17(8-15(10-20)11-21)7-14(4)18(19)9-16/h5-9,12H,1-4H3. The number of nitriles is 2. The maximum atomic E-state index is 8.96. The van der Waals surface area contributed by atoms with Crippen LogP contribution < -0.4 is 0 Å². The number of aryl methyl sites for hydroxylation is 2. The summed E-state index contributed by atoms with van der Waals surface area (Å²) in [6.45, 7) is 8.50. The van der Waals surface area contributed by atoms with Crippen molar-refractivity contribution >= 4 is 6.08 Å². The quantitative estimate of drug-likeness (QED) is 0.726. The molecular formula is C19H18N2. The molecule has 0 N–H and O–H groups in total. The zero-order chi connectivity index (χ0) is 15.6. The van der Waals surface area contributed by atoms with Crippen LogP contribution in [0.1, 0.15) is 42.0 Å². The summed E-state index contributed by atoms with van der Waals surface area (Å²) in [6, 6.07) is 12.4. The van der Waals surface area contributed by atoms with Gasteiger partial charge in [-0.1, -0.05) is 38.1 Å². The summed E-state index contributed by atoms with van der Waals surface area (Å²) in [5.74, 6) is 0.460. The van der Waals surface area contributed by atoms with Crippen molar-refractivity contribution in [1.82, 2.24) is 0 Å². The summed E-state index contributed by atoms with van der Waals surface area (Å²) in [5, 5.41) is 17.9. The molecule has 0 heterocycles. The van der Waals surface area contributed by atoms with Crippen molar-refractivity contribution in [2.75, 3.05) is 0 Å². The third-order valence-electron chi connectivity index (χ3n) is 3.79. The van der Waals surface area contributed by atoms with Gasteiger partial charge in [0.1, 0.15) is 17.7 Å². The lowest BCUT2D eigenvalue weighted by atomic mass is 10.00. The molecule has 0 spiro atoms. The van der Waals surface area contributed by atoms with Crippen molar-refractivity contribution in [3.8, 4) is 23.3 Å². The zero-order valence-corrected chi connectivity index (χ0v) is 12.9. The van der Waals surface area contributed by atoms with E-state index in [0.717, 1.165) is 16.7 Å². The second kappa shape index (κ2) is 5.81. The normalized spacial score (nSPS) is 10.2. The summed E-state index contributed by atoms with van der Waals surface area (Å²) in [5.41, 5.74) is 7.03. The fourth-order valence-electron chi connectivity index (χ4n) is 2.60. The number of hydrogen-bond donors (Lipinski definition) is 0. The fraction of sp³-hybridized carbons (Fsp3) is 0.263. The van der Waals surface area contributed by atoms with E-state index in [1.807, 2.05) is 12.1 Å². The minimum atomic E-state index is 0.136. The van der Waals surface area contributed by atoms with Crippen molar-refractivity contribution in [2.45, 2.75) is 33.6 Å². The van der Waals surface area contributed by atoms with E-state index < -0.39 is 0 Å². The molecule has 21 heavy (non-hydrogen) atoms. The van der Waals surface area contributed by atoms with Gasteiger partial charge in [0.25, 0.3) is 0 Å². The summed E-state index contributed by atoms with van der Waals surface area (Å²) in [4.78, 5) is 0. The summed E-state index contributed by atoms with van der Waals surface area (Å²) < 4.78 is 0. The lowest BCUT2D eigenvalue weighted by Gasteiger charge is -2.04.